The fourth-order valence-electron chi connectivity index (χ4n) is 3.34. The van der Waals surface area contributed by atoms with E-state index >= 15 is 0 Å². The van der Waals surface area contributed by atoms with Crippen LogP contribution in [-0.2, 0) is 0 Å². The molecule has 0 aliphatic carbocycles. The van der Waals surface area contributed by atoms with Crippen LogP contribution in [0.1, 0.15) is 39.3 Å². The minimum Gasteiger partial charge on any atom is -0.362 e. The van der Waals surface area contributed by atoms with Crippen molar-refractivity contribution in [3.63, 3.8) is 0 Å². The average Bonchev–Trinajstić information content (AvgIpc) is 3.33. The molecule has 0 spiro atoms. The number of thiophene rings is 1. The van der Waals surface area contributed by atoms with Crippen molar-refractivity contribution < 1.29 is 18.0 Å². The summed E-state index contributed by atoms with van der Waals surface area (Å²) in [5.74, 6) is -0.508. The molecule has 10 heteroatoms. The number of anilines is 2. The quantitative estimate of drug-likeness (QED) is 0.539. The van der Waals surface area contributed by atoms with Crippen LogP contribution in [0.25, 0.3) is 0 Å². The van der Waals surface area contributed by atoms with Gasteiger partial charge in [0, 0.05) is 22.0 Å². The summed E-state index contributed by atoms with van der Waals surface area (Å²) in [6, 6.07) is 6.22. The minimum absolute atomic E-state index is 0.0416. The molecule has 152 valence electrons. The molecule has 1 aliphatic rings. The van der Waals surface area contributed by atoms with Gasteiger partial charge in [0.15, 0.2) is 6.04 Å². The second kappa shape index (κ2) is 7.38. The van der Waals surface area contributed by atoms with Crippen molar-refractivity contribution in [2.75, 3.05) is 10.6 Å². The fourth-order valence-corrected chi connectivity index (χ4v) is 4.30. The zero-order valence-electron chi connectivity index (χ0n) is 15.1. The molecular formula is C19H16ClF3N4OS. The Balaban J connectivity index is 1.70. The van der Waals surface area contributed by atoms with Gasteiger partial charge in [-0.1, -0.05) is 23.7 Å². The van der Waals surface area contributed by atoms with E-state index in [2.05, 4.69) is 15.7 Å². The highest BCUT2D eigenvalue weighted by atomic mass is 35.5. The number of hydrogen-bond acceptors (Lipinski definition) is 4. The van der Waals surface area contributed by atoms with Crippen LogP contribution in [0.3, 0.4) is 0 Å². The highest BCUT2D eigenvalue weighted by molar-refractivity contribution is 7.10. The van der Waals surface area contributed by atoms with E-state index in [1.54, 1.807) is 42.6 Å². The summed E-state index contributed by atoms with van der Waals surface area (Å²) in [5.41, 5.74) is 1.20. The molecule has 0 saturated carbocycles. The summed E-state index contributed by atoms with van der Waals surface area (Å²) >= 11 is 7.44. The molecule has 1 aromatic carbocycles. The molecule has 2 aromatic heterocycles. The molecule has 1 aliphatic heterocycles. The minimum atomic E-state index is -4.49. The maximum absolute atomic E-state index is 13.7. The molecule has 0 radical (unpaired) electrons. The Kier molecular flexibility index (Phi) is 5.04. The zero-order valence-corrected chi connectivity index (χ0v) is 16.7. The Hall–Kier alpha value is -2.52. The monoisotopic (exact) mass is 440 g/mol. The molecule has 0 saturated heterocycles. The third-order valence-corrected chi connectivity index (χ3v) is 6.28. The molecule has 29 heavy (non-hydrogen) atoms. The van der Waals surface area contributed by atoms with Gasteiger partial charge in [-0.2, -0.15) is 18.3 Å². The van der Waals surface area contributed by atoms with Crippen LogP contribution in [-0.4, -0.2) is 21.9 Å². The van der Waals surface area contributed by atoms with E-state index in [9.17, 15) is 18.0 Å². The van der Waals surface area contributed by atoms with Gasteiger partial charge in [-0.15, -0.1) is 11.3 Å². The van der Waals surface area contributed by atoms with Crippen LogP contribution >= 0.6 is 22.9 Å². The third-order valence-electron chi connectivity index (χ3n) is 4.89. The Morgan fingerprint density at radius 1 is 1.34 bits per heavy atom. The molecule has 2 N–H and O–H groups in total. The smallest absolute Gasteiger partial charge is 0.362 e. The topological polar surface area (TPSA) is 59.0 Å². The zero-order chi connectivity index (χ0) is 20.8. The summed E-state index contributed by atoms with van der Waals surface area (Å²) in [5, 5.41) is 11.9. The third kappa shape index (κ3) is 3.72. The highest BCUT2D eigenvalue weighted by Gasteiger charge is 2.47. The summed E-state index contributed by atoms with van der Waals surface area (Å²) in [6.45, 7) is 1.75. The van der Waals surface area contributed by atoms with Crippen molar-refractivity contribution in [3.8, 4) is 0 Å². The number of carbonyl (C=O) groups is 1. The van der Waals surface area contributed by atoms with E-state index in [4.69, 9.17) is 11.6 Å². The number of nitrogens with one attached hydrogen (secondary N) is 2. The van der Waals surface area contributed by atoms with Crippen molar-refractivity contribution in [2.24, 2.45) is 0 Å². The van der Waals surface area contributed by atoms with Crippen LogP contribution < -0.4 is 10.6 Å². The van der Waals surface area contributed by atoms with E-state index in [1.165, 1.54) is 11.3 Å². The Bertz CT molecular complexity index is 1050. The number of fused-ring (bicyclic) bond motifs is 1. The lowest BCUT2D eigenvalue weighted by molar-refractivity contribution is -0.173. The first-order valence-electron chi connectivity index (χ1n) is 8.76. The number of alkyl halides is 3. The van der Waals surface area contributed by atoms with Crippen molar-refractivity contribution in [3.05, 3.63) is 62.9 Å². The second-order valence-corrected chi connectivity index (χ2v) is 8.11. The van der Waals surface area contributed by atoms with Gasteiger partial charge in [0.25, 0.3) is 5.91 Å². The SMILES string of the molecule is Cc1c(Cl)cccc1NC(=O)c1cnn2c1N[C@@H](c1cccs1)C[C@H]2C(F)(F)F. The maximum Gasteiger partial charge on any atom is 0.410 e. The number of hydrogen-bond donors (Lipinski definition) is 2. The van der Waals surface area contributed by atoms with Gasteiger partial charge < -0.3 is 10.6 Å². The first-order chi connectivity index (χ1) is 13.8. The van der Waals surface area contributed by atoms with Gasteiger partial charge in [-0.25, -0.2) is 4.68 Å². The van der Waals surface area contributed by atoms with E-state index in [0.717, 1.165) is 15.8 Å². The number of rotatable bonds is 3. The molecule has 1 amide bonds. The lowest BCUT2D eigenvalue weighted by atomic mass is 10.0. The molecule has 0 unspecified atom stereocenters. The van der Waals surface area contributed by atoms with Crippen LogP contribution in [0.2, 0.25) is 5.02 Å². The molecule has 5 nitrogen and oxygen atoms in total. The lowest BCUT2D eigenvalue weighted by Gasteiger charge is -2.33. The standard InChI is InChI=1S/C19H16ClF3N4OS/c1-10-12(20)4-2-5-13(10)26-18(28)11-9-24-27-16(19(21,22)23)8-14(25-17(11)27)15-6-3-7-29-15/h2-7,9,14,16,25H,8H2,1H3,(H,26,28)/t14-,16+/m1/s1. The van der Waals surface area contributed by atoms with Crippen molar-refractivity contribution in [2.45, 2.75) is 31.6 Å². The maximum atomic E-state index is 13.7. The fraction of sp³-hybridized carbons (Fsp3) is 0.263. The predicted molar refractivity (Wildman–Crippen MR) is 107 cm³/mol. The summed E-state index contributed by atoms with van der Waals surface area (Å²) < 4.78 is 41.9. The van der Waals surface area contributed by atoms with Crippen LogP contribution in [0.4, 0.5) is 24.7 Å². The van der Waals surface area contributed by atoms with Gasteiger partial charge in [0.2, 0.25) is 0 Å². The molecule has 4 rings (SSSR count). The normalized spacial score (nSPS) is 18.8. The predicted octanol–water partition coefficient (Wildman–Crippen LogP) is 5.82. The number of aromatic nitrogens is 2. The lowest BCUT2D eigenvalue weighted by Crippen LogP contribution is -2.36. The molecule has 0 bridgehead atoms. The number of amides is 1. The van der Waals surface area contributed by atoms with Crippen LogP contribution in [0.15, 0.2) is 41.9 Å². The molecule has 3 aromatic rings. The highest BCUT2D eigenvalue weighted by Crippen LogP contribution is 2.45. The van der Waals surface area contributed by atoms with Crippen LogP contribution in [0, 0.1) is 6.92 Å². The molecule has 0 fully saturated rings. The van der Waals surface area contributed by atoms with Crippen LogP contribution in [0.5, 0.6) is 0 Å². The Morgan fingerprint density at radius 3 is 2.83 bits per heavy atom. The molecule has 3 heterocycles. The summed E-state index contributed by atoms with van der Waals surface area (Å²) in [6.07, 6.45) is -3.53. The molecular weight excluding hydrogens is 425 g/mol. The summed E-state index contributed by atoms with van der Waals surface area (Å²) in [7, 11) is 0. The Labute approximate surface area is 173 Å². The number of benzene rings is 1. The van der Waals surface area contributed by atoms with Crippen molar-refractivity contribution >= 4 is 40.4 Å². The van der Waals surface area contributed by atoms with Gasteiger partial charge in [0.1, 0.15) is 11.4 Å². The van der Waals surface area contributed by atoms with Crippen molar-refractivity contribution in [1.29, 1.82) is 0 Å². The van der Waals surface area contributed by atoms with E-state index in [0.29, 0.717) is 16.3 Å². The first-order valence-corrected chi connectivity index (χ1v) is 10.0. The van der Waals surface area contributed by atoms with Gasteiger partial charge in [0.05, 0.1) is 12.2 Å². The Morgan fingerprint density at radius 2 is 2.14 bits per heavy atom. The van der Waals surface area contributed by atoms with Gasteiger partial charge >= 0.3 is 6.18 Å². The number of carbonyl (C=O) groups excluding carboxylic acids is 1. The molecule has 2 atom stereocenters. The van der Waals surface area contributed by atoms with Gasteiger partial charge in [-0.05, 0) is 36.1 Å². The second-order valence-electron chi connectivity index (χ2n) is 6.72. The average molecular weight is 441 g/mol. The number of nitrogens with zero attached hydrogens (tertiary/aromatic N) is 2. The largest absolute Gasteiger partial charge is 0.410 e. The van der Waals surface area contributed by atoms with E-state index in [-0.39, 0.29) is 17.8 Å². The van der Waals surface area contributed by atoms with E-state index < -0.39 is 24.2 Å². The van der Waals surface area contributed by atoms with Gasteiger partial charge in [-0.3, -0.25) is 4.79 Å². The first kappa shape index (κ1) is 19.8. The summed E-state index contributed by atoms with van der Waals surface area (Å²) in [4.78, 5) is 13.6. The number of halogens is 4. The van der Waals surface area contributed by atoms with Crippen molar-refractivity contribution in [1.82, 2.24) is 9.78 Å². The van der Waals surface area contributed by atoms with E-state index in [1.807, 2.05) is 0 Å².